The molecule has 0 aliphatic carbocycles. The second kappa shape index (κ2) is 6.60. The molecule has 1 aromatic heterocycles. The second-order valence-corrected chi connectivity index (χ2v) is 6.46. The van der Waals surface area contributed by atoms with E-state index in [1.54, 1.807) is 6.21 Å². The highest BCUT2D eigenvalue weighted by atomic mass is 16.1. The third-order valence-electron chi connectivity index (χ3n) is 3.20. The standard InChI is InChI=1S/C16H22N6O/c1-16(2,3)13-14(23)18-15(21-19-13)20-17-10-11-6-8-12(9-7-11)22(4)5/h6-10H,1-5H3,(H2,18,20,21,23). The third kappa shape index (κ3) is 4.38. The number of aromatic amines is 1. The van der Waals surface area contributed by atoms with E-state index in [1.807, 2.05) is 64.0 Å². The quantitative estimate of drug-likeness (QED) is 0.665. The van der Waals surface area contributed by atoms with E-state index in [4.69, 9.17) is 0 Å². The maximum atomic E-state index is 12.0. The second-order valence-electron chi connectivity index (χ2n) is 6.46. The molecule has 7 heteroatoms. The van der Waals surface area contributed by atoms with Crippen molar-refractivity contribution in [1.29, 1.82) is 0 Å². The van der Waals surface area contributed by atoms with Gasteiger partial charge in [0.15, 0.2) is 0 Å². The van der Waals surface area contributed by atoms with Crippen LogP contribution in [0.2, 0.25) is 0 Å². The minimum Gasteiger partial charge on any atom is -0.378 e. The minimum absolute atomic E-state index is 0.212. The summed E-state index contributed by atoms with van der Waals surface area (Å²) >= 11 is 0. The molecule has 2 aromatic rings. The predicted molar refractivity (Wildman–Crippen MR) is 93.3 cm³/mol. The molecule has 0 saturated heterocycles. The van der Waals surface area contributed by atoms with Gasteiger partial charge in [0.25, 0.3) is 5.56 Å². The SMILES string of the molecule is CN(C)c1ccc(C=NNc2nnc(C(C)(C)C)c(=O)[nH]2)cc1. The summed E-state index contributed by atoms with van der Waals surface area (Å²) < 4.78 is 0. The fourth-order valence-electron chi connectivity index (χ4n) is 1.90. The molecule has 7 nitrogen and oxygen atoms in total. The van der Waals surface area contributed by atoms with Crippen LogP contribution in [0.25, 0.3) is 0 Å². The normalized spacial score (nSPS) is 11.7. The van der Waals surface area contributed by atoms with Crippen LogP contribution in [0, 0.1) is 0 Å². The minimum atomic E-state index is -0.351. The van der Waals surface area contributed by atoms with E-state index in [9.17, 15) is 4.79 Å². The number of anilines is 2. The van der Waals surface area contributed by atoms with Gasteiger partial charge in [0.2, 0.25) is 5.95 Å². The first-order chi connectivity index (χ1) is 10.8. The van der Waals surface area contributed by atoms with Crippen molar-refractivity contribution >= 4 is 17.9 Å². The lowest BCUT2D eigenvalue weighted by atomic mass is 9.93. The fourth-order valence-corrected chi connectivity index (χ4v) is 1.90. The van der Waals surface area contributed by atoms with E-state index in [2.05, 4.69) is 25.7 Å². The Morgan fingerprint density at radius 3 is 2.35 bits per heavy atom. The average Bonchev–Trinajstić information content (AvgIpc) is 2.46. The van der Waals surface area contributed by atoms with E-state index in [1.165, 1.54) is 0 Å². The van der Waals surface area contributed by atoms with Crippen LogP contribution in [0.15, 0.2) is 34.2 Å². The number of H-pyrrole nitrogens is 1. The van der Waals surface area contributed by atoms with Gasteiger partial charge in [0, 0.05) is 25.2 Å². The molecular weight excluding hydrogens is 292 g/mol. The molecule has 1 heterocycles. The average molecular weight is 314 g/mol. The Morgan fingerprint density at radius 1 is 1.17 bits per heavy atom. The summed E-state index contributed by atoms with van der Waals surface area (Å²) in [6.07, 6.45) is 1.65. The first-order valence-corrected chi connectivity index (χ1v) is 7.31. The lowest BCUT2D eigenvalue weighted by Gasteiger charge is -2.15. The fraction of sp³-hybridized carbons (Fsp3) is 0.375. The molecule has 0 spiro atoms. The summed E-state index contributed by atoms with van der Waals surface area (Å²) in [5.74, 6) is 0.212. The van der Waals surface area contributed by atoms with Crippen LogP contribution < -0.4 is 15.9 Å². The van der Waals surface area contributed by atoms with Gasteiger partial charge in [-0.25, -0.2) is 5.43 Å². The van der Waals surface area contributed by atoms with Crippen molar-refractivity contribution in [2.75, 3.05) is 24.4 Å². The molecule has 1 aromatic carbocycles. The van der Waals surface area contributed by atoms with Crippen molar-refractivity contribution in [1.82, 2.24) is 15.2 Å². The van der Waals surface area contributed by atoms with E-state index in [0.29, 0.717) is 5.69 Å². The lowest BCUT2D eigenvalue weighted by molar-refractivity contribution is 0.547. The maximum absolute atomic E-state index is 12.0. The Morgan fingerprint density at radius 2 is 1.83 bits per heavy atom. The molecule has 0 radical (unpaired) electrons. The van der Waals surface area contributed by atoms with Gasteiger partial charge < -0.3 is 4.90 Å². The van der Waals surface area contributed by atoms with E-state index in [-0.39, 0.29) is 16.9 Å². The highest BCUT2D eigenvalue weighted by Gasteiger charge is 2.20. The zero-order chi connectivity index (χ0) is 17.0. The van der Waals surface area contributed by atoms with E-state index >= 15 is 0 Å². The molecule has 0 atom stereocenters. The van der Waals surface area contributed by atoms with Gasteiger partial charge in [-0.3, -0.25) is 9.78 Å². The van der Waals surface area contributed by atoms with Gasteiger partial charge in [-0.05, 0) is 17.7 Å². The Bertz CT molecular complexity index is 740. The zero-order valence-corrected chi connectivity index (χ0v) is 14.1. The predicted octanol–water partition coefficient (Wildman–Crippen LogP) is 1.97. The van der Waals surface area contributed by atoms with Crippen LogP contribution in [0.1, 0.15) is 32.0 Å². The molecule has 23 heavy (non-hydrogen) atoms. The van der Waals surface area contributed by atoms with Gasteiger partial charge in [-0.2, -0.15) is 5.10 Å². The molecule has 0 bridgehead atoms. The summed E-state index contributed by atoms with van der Waals surface area (Å²) in [5.41, 5.74) is 4.51. The molecule has 0 amide bonds. The van der Waals surface area contributed by atoms with Crippen molar-refractivity contribution < 1.29 is 0 Å². The Kier molecular flexibility index (Phi) is 4.78. The van der Waals surface area contributed by atoms with Crippen LogP contribution in [0.4, 0.5) is 11.6 Å². The zero-order valence-electron chi connectivity index (χ0n) is 14.1. The lowest BCUT2D eigenvalue weighted by Crippen LogP contribution is -2.28. The number of nitrogens with zero attached hydrogens (tertiary/aromatic N) is 4. The van der Waals surface area contributed by atoms with Crippen LogP contribution in [0.3, 0.4) is 0 Å². The third-order valence-corrected chi connectivity index (χ3v) is 3.20. The summed E-state index contributed by atoms with van der Waals surface area (Å²) in [5, 5.41) is 12.0. The number of rotatable bonds is 4. The molecular formula is C16H22N6O. The first kappa shape index (κ1) is 16.7. The van der Waals surface area contributed by atoms with Crippen LogP contribution in [-0.2, 0) is 5.41 Å². The molecule has 122 valence electrons. The molecule has 2 N–H and O–H groups in total. The Labute approximate surface area is 135 Å². The summed E-state index contributed by atoms with van der Waals surface area (Å²) in [4.78, 5) is 16.6. The summed E-state index contributed by atoms with van der Waals surface area (Å²) in [6, 6.07) is 7.91. The number of hydrogen-bond donors (Lipinski definition) is 2. The number of nitrogens with one attached hydrogen (secondary N) is 2. The number of aromatic nitrogens is 3. The van der Waals surface area contributed by atoms with Gasteiger partial charge in [-0.1, -0.05) is 32.9 Å². The highest BCUT2D eigenvalue weighted by molar-refractivity contribution is 5.80. The Hall–Kier alpha value is -2.70. The smallest absolute Gasteiger partial charge is 0.274 e. The van der Waals surface area contributed by atoms with Crippen LogP contribution in [-0.4, -0.2) is 35.5 Å². The number of benzene rings is 1. The highest BCUT2D eigenvalue weighted by Crippen LogP contribution is 2.15. The van der Waals surface area contributed by atoms with E-state index in [0.717, 1.165) is 11.3 Å². The van der Waals surface area contributed by atoms with Gasteiger partial charge >= 0.3 is 0 Å². The van der Waals surface area contributed by atoms with Gasteiger partial charge in [0.05, 0.1) is 6.21 Å². The molecule has 2 rings (SSSR count). The molecule has 0 unspecified atom stereocenters. The maximum Gasteiger partial charge on any atom is 0.274 e. The topological polar surface area (TPSA) is 86.3 Å². The summed E-state index contributed by atoms with van der Waals surface area (Å²) in [7, 11) is 3.97. The number of hydrazone groups is 1. The van der Waals surface area contributed by atoms with Crippen molar-refractivity contribution in [3.8, 4) is 0 Å². The van der Waals surface area contributed by atoms with Crippen molar-refractivity contribution in [2.24, 2.45) is 5.10 Å². The van der Waals surface area contributed by atoms with Crippen molar-refractivity contribution in [2.45, 2.75) is 26.2 Å². The van der Waals surface area contributed by atoms with Crippen molar-refractivity contribution in [3.63, 3.8) is 0 Å². The van der Waals surface area contributed by atoms with Crippen molar-refractivity contribution in [3.05, 3.63) is 45.9 Å². The Balaban J connectivity index is 2.06. The largest absolute Gasteiger partial charge is 0.378 e. The van der Waals surface area contributed by atoms with E-state index < -0.39 is 0 Å². The first-order valence-electron chi connectivity index (χ1n) is 7.31. The number of hydrogen-bond acceptors (Lipinski definition) is 6. The van der Waals surface area contributed by atoms with Gasteiger partial charge in [-0.15, -0.1) is 10.2 Å². The summed E-state index contributed by atoms with van der Waals surface area (Å²) in [6.45, 7) is 5.73. The van der Waals surface area contributed by atoms with Crippen LogP contribution in [0.5, 0.6) is 0 Å². The van der Waals surface area contributed by atoms with Gasteiger partial charge in [0.1, 0.15) is 5.69 Å². The van der Waals surface area contributed by atoms with Crippen LogP contribution >= 0.6 is 0 Å². The molecule has 0 saturated carbocycles. The molecule has 0 fully saturated rings. The molecule has 0 aliphatic heterocycles. The molecule has 0 aliphatic rings. The monoisotopic (exact) mass is 314 g/mol.